The highest BCUT2D eigenvalue weighted by atomic mass is 16.2. The van der Waals surface area contributed by atoms with Crippen LogP contribution in [-0.4, -0.2) is 11.8 Å². The van der Waals surface area contributed by atoms with Crippen molar-refractivity contribution in [2.45, 2.75) is 55.4 Å². The molecule has 0 saturated carbocycles. The van der Waals surface area contributed by atoms with Crippen molar-refractivity contribution in [3.63, 3.8) is 0 Å². The van der Waals surface area contributed by atoms with Gasteiger partial charge in [-0.1, -0.05) is 24.3 Å². The van der Waals surface area contributed by atoms with Gasteiger partial charge in [-0.2, -0.15) is 0 Å². The van der Waals surface area contributed by atoms with E-state index < -0.39 is 0 Å². The summed E-state index contributed by atoms with van der Waals surface area (Å²) in [5.74, 6) is -0.0556. The molecule has 2 amide bonds. The van der Waals surface area contributed by atoms with Crippen LogP contribution < -0.4 is 9.80 Å². The number of anilines is 4. The van der Waals surface area contributed by atoms with Crippen LogP contribution in [0.25, 0.3) is 11.1 Å². The van der Waals surface area contributed by atoms with Gasteiger partial charge in [0.1, 0.15) is 0 Å². The van der Waals surface area contributed by atoms with Gasteiger partial charge in [0.15, 0.2) is 0 Å². The first-order valence-corrected chi connectivity index (χ1v) is 13.0. The van der Waals surface area contributed by atoms with Crippen molar-refractivity contribution in [2.24, 2.45) is 0 Å². The van der Waals surface area contributed by atoms with Gasteiger partial charge in [-0.05, 0) is 135 Å². The summed E-state index contributed by atoms with van der Waals surface area (Å²) >= 11 is 0. The number of nitrogens with zero attached hydrogens (tertiary/aromatic N) is 2. The lowest BCUT2D eigenvalue weighted by molar-refractivity contribution is -0.116. The molecule has 0 unspecified atom stereocenters. The number of carbonyl (C=O) groups is 2. The molecule has 194 valence electrons. The Labute approximate surface area is 226 Å². The fourth-order valence-corrected chi connectivity index (χ4v) is 4.88. The van der Waals surface area contributed by atoms with Crippen LogP contribution >= 0.6 is 0 Å². The van der Waals surface area contributed by atoms with Crippen LogP contribution in [0.2, 0.25) is 0 Å². The number of hydrogen-bond donors (Lipinski definition) is 0. The van der Waals surface area contributed by atoms with Crippen LogP contribution in [-0.2, 0) is 9.59 Å². The van der Waals surface area contributed by atoms with Crippen LogP contribution in [0.15, 0.2) is 72.8 Å². The van der Waals surface area contributed by atoms with Gasteiger partial charge in [0.05, 0.1) is 11.4 Å². The van der Waals surface area contributed by atoms with Crippen LogP contribution in [0.5, 0.6) is 0 Å². The van der Waals surface area contributed by atoms with Crippen molar-refractivity contribution in [1.82, 2.24) is 0 Å². The highest BCUT2D eigenvalue weighted by molar-refractivity contribution is 6.01. The van der Waals surface area contributed by atoms with Crippen molar-refractivity contribution in [1.29, 1.82) is 0 Å². The van der Waals surface area contributed by atoms with E-state index in [1.807, 2.05) is 38.1 Å². The number of amides is 2. The summed E-state index contributed by atoms with van der Waals surface area (Å²) < 4.78 is 0. The van der Waals surface area contributed by atoms with Gasteiger partial charge in [0.2, 0.25) is 11.8 Å². The molecule has 4 aromatic carbocycles. The second-order valence-electron chi connectivity index (χ2n) is 10.2. The van der Waals surface area contributed by atoms with E-state index in [4.69, 9.17) is 0 Å². The molecule has 0 atom stereocenters. The monoisotopic (exact) mass is 504 g/mol. The quantitative estimate of drug-likeness (QED) is 0.273. The molecule has 4 nitrogen and oxygen atoms in total. The Morgan fingerprint density at radius 3 is 1.11 bits per heavy atom. The smallest absolute Gasteiger partial charge is 0.228 e. The van der Waals surface area contributed by atoms with Crippen molar-refractivity contribution in [2.75, 3.05) is 9.80 Å². The van der Waals surface area contributed by atoms with Crippen molar-refractivity contribution in [3.8, 4) is 11.1 Å². The van der Waals surface area contributed by atoms with Gasteiger partial charge in [0.25, 0.3) is 0 Å². The van der Waals surface area contributed by atoms with E-state index in [0.29, 0.717) is 0 Å². The van der Waals surface area contributed by atoms with Gasteiger partial charge in [0, 0.05) is 25.2 Å². The molecule has 0 aliphatic carbocycles. The third-order valence-corrected chi connectivity index (χ3v) is 7.34. The number of carbonyl (C=O) groups excluding carboxylic acids is 2. The molecule has 0 radical (unpaired) electrons. The molecule has 4 aromatic rings. The SMILES string of the molecule is CC(=O)N(c1ccc(C)c(C)c1)c1ccc(-c2ccc(N(C(C)=O)c3ccc(C)c(C)c3)c(C)c2)cc1C. The minimum atomic E-state index is -0.0278. The van der Waals surface area contributed by atoms with Gasteiger partial charge in [-0.25, -0.2) is 0 Å². The predicted octanol–water partition coefficient (Wildman–Crippen LogP) is 8.57. The highest BCUT2D eigenvalue weighted by Gasteiger charge is 2.19. The van der Waals surface area contributed by atoms with E-state index in [9.17, 15) is 9.59 Å². The van der Waals surface area contributed by atoms with Crippen molar-refractivity contribution >= 4 is 34.6 Å². The Bertz CT molecular complexity index is 1430. The van der Waals surface area contributed by atoms with E-state index in [1.54, 1.807) is 23.6 Å². The average Bonchev–Trinajstić information content (AvgIpc) is 2.85. The third-order valence-electron chi connectivity index (χ3n) is 7.34. The number of rotatable bonds is 5. The van der Waals surface area contributed by atoms with E-state index in [0.717, 1.165) is 56.1 Å². The number of aryl methyl sites for hydroxylation is 6. The van der Waals surface area contributed by atoms with Gasteiger partial charge >= 0.3 is 0 Å². The summed E-state index contributed by atoms with van der Waals surface area (Å²) in [6.45, 7) is 15.5. The summed E-state index contributed by atoms with van der Waals surface area (Å²) in [6.07, 6.45) is 0. The first-order chi connectivity index (χ1) is 18.0. The topological polar surface area (TPSA) is 40.6 Å². The molecule has 38 heavy (non-hydrogen) atoms. The summed E-state index contributed by atoms with van der Waals surface area (Å²) in [5, 5.41) is 0. The number of benzene rings is 4. The standard InChI is InChI=1S/C34H36N2O2/c1-21-9-13-31(19-23(21)3)35(27(7)37)33-15-11-29(17-25(33)5)30-12-16-34(26(6)18-30)36(28(8)38)32-14-10-22(2)24(4)20-32/h9-20H,1-8H3. The Hall–Kier alpha value is -4.18. The number of hydrogen-bond acceptors (Lipinski definition) is 2. The van der Waals surface area contributed by atoms with E-state index in [-0.39, 0.29) is 11.8 Å². The molecule has 0 saturated heterocycles. The molecule has 0 N–H and O–H groups in total. The van der Waals surface area contributed by atoms with E-state index in [2.05, 4.69) is 76.2 Å². The molecule has 4 heteroatoms. The summed E-state index contributed by atoms with van der Waals surface area (Å²) in [5.41, 5.74) is 12.3. The predicted molar refractivity (Wildman–Crippen MR) is 159 cm³/mol. The van der Waals surface area contributed by atoms with Crippen LogP contribution in [0.1, 0.15) is 47.2 Å². The zero-order valence-electron chi connectivity index (χ0n) is 23.6. The molecule has 4 rings (SSSR count). The Morgan fingerprint density at radius 1 is 0.447 bits per heavy atom. The van der Waals surface area contributed by atoms with E-state index in [1.165, 1.54) is 11.1 Å². The van der Waals surface area contributed by atoms with Gasteiger partial charge in [-0.3, -0.25) is 19.4 Å². The Balaban J connectivity index is 1.70. The molecular formula is C34H36N2O2. The van der Waals surface area contributed by atoms with Crippen molar-refractivity contribution < 1.29 is 9.59 Å². The maximum atomic E-state index is 12.7. The van der Waals surface area contributed by atoms with Crippen molar-refractivity contribution in [3.05, 3.63) is 106 Å². The Morgan fingerprint density at radius 2 is 0.816 bits per heavy atom. The van der Waals surface area contributed by atoms with Crippen LogP contribution in [0.4, 0.5) is 22.7 Å². The maximum Gasteiger partial charge on any atom is 0.228 e. The largest absolute Gasteiger partial charge is 0.281 e. The maximum absolute atomic E-state index is 12.7. The van der Waals surface area contributed by atoms with Crippen LogP contribution in [0, 0.1) is 41.5 Å². The molecule has 0 bridgehead atoms. The first-order valence-electron chi connectivity index (χ1n) is 13.0. The Kier molecular flexibility index (Phi) is 7.54. The molecule has 0 aromatic heterocycles. The van der Waals surface area contributed by atoms with Gasteiger partial charge in [-0.15, -0.1) is 0 Å². The molecule has 0 fully saturated rings. The normalized spacial score (nSPS) is 10.8. The third kappa shape index (κ3) is 5.26. The summed E-state index contributed by atoms with van der Waals surface area (Å²) in [4.78, 5) is 28.9. The zero-order valence-corrected chi connectivity index (χ0v) is 23.6. The lowest BCUT2D eigenvalue weighted by atomic mass is 9.98. The fourth-order valence-electron chi connectivity index (χ4n) is 4.88. The molecule has 0 heterocycles. The minimum absolute atomic E-state index is 0.0278. The highest BCUT2D eigenvalue weighted by Crippen LogP contribution is 2.36. The molecule has 0 spiro atoms. The molecule has 0 aliphatic rings. The second-order valence-corrected chi connectivity index (χ2v) is 10.2. The average molecular weight is 505 g/mol. The first kappa shape index (κ1) is 26.9. The molecular weight excluding hydrogens is 468 g/mol. The summed E-state index contributed by atoms with van der Waals surface area (Å²) in [6, 6.07) is 24.6. The van der Waals surface area contributed by atoms with Crippen LogP contribution in [0.3, 0.4) is 0 Å². The molecule has 0 aliphatic heterocycles. The fraction of sp³-hybridized carbons (Fsp3) is 0.235. The zero-order chi connectivity index (χ0) is 27.7. The summed E-state index contributed by atoms with van der Waals surface area (Å²) in [7, 11) is 0. The minimum Gasteiger partial charge on any atom is -0.281 e. The lowest BCUT2D eigenvalue weighted by Gasteiger charge is -2.25. The lowest BCUT2D eigenvalue weighted by Crippen LogP contribution is -2.24. The van der Waals surface area contributed by atoms with E-state index >= 15 is 0 Å². The second kappa shape index (κ2) is 10.7. The van der Waals surface area contributed by atoms with Gasteiger partial charge < -0.3 is 0 Å².